The van der Waals surface area contributed by atoms with Gasteiger partial charge in [0.15, 0.2) is 0 Å². The molecule has 1 aromatic heterocycles. The maximum absolute atomic E-state index is 6.03. The Labute approximate surface area is 126 Å². The Morgan fingerprint density at radius 3 is 2.60 bits per heavy atom. The molecule has 102 valence electrons. The first-order chi connectivity index (χ1) is 9.67. The van der Waals surface area contributed by atoms with Crippen LogP contribution in [0, 0.1) is 0 Å². The maximum Gasteiger partial charge on any atom is 0.123 e. The Morgan fingerprint density at radius 1 is 1.05 bits per heavy atom. The molecule has 20 heavy (non-hydrogen) atoms. The summed E-state index contributed by atoms with van der Waals surface area (Å²) in [5.74, 6) is 0.835. The van der Waals surface area contributed by atoms with E-state index in [2.05, 4.69) is 9.55 Å². The summed E-state index contributed by atoms with van der Waals surface area (Å²) in [5, 5.41) is 1.40. The standard InChI is InChI=1S/C15H13Cl2N3/c16-11-3-1-2-10(6-11)9-20-14-5-4-12(17)7-13(14)19-15(20)8-18/h1-7H,8-9,18H2. The highest BCUT2D eigenvalue weighted by Gasteiger charge is 2.10. The van der Waals surface area contributed by atoms with Crippen molar-refractivity contribution in [2.45, 2.75) is 13.1 Å². The third kappa shape index (κ3) is 2.52. The van der Waals surface area contributed by atoms with Gasteiger partial charge in [-0.2, -0.15) is 0 Å². The smallest absolute Gasteiger partial charge is 0.123 e. The van der Waals surface area contributed by atoms with Crippen LogP contribution in [0.25, 0.3) is 11.0 Å². The Kier molecular flexibility index (Phi) is 3.66. The lowest BCUT2D eigenvalue weighted by Gasteiger charge is -2.08. The van der Waals surface area contributed by atoms with Crippen LogP contribution in [0.4, 0.5) is 0 Å². The molecule has 0 unspecified atom stereocenters. The first kappa shape index (κ1) is 13.4. The summed E-state index contributed by atoms with van der Waals surface area (Å²) < 4.78 is 2.09. The minimum atomic E-state index is 0.382. The molecule has 0 saturated heterocycles. The first-order valence-electron chi connectivity index (χ1n) is 6.26. The minimum absolute atomic E-state index is 0.382. The monoisotopic (exact) mass is 305 g/mol. The zero-order valence-corrected chi connectivity index (χ0v) is 12.2. The molecule has 0 aliphatic rings. The van der Waals surface area contributed by atoms with Gasteiger partial charge in [0.05, 0.1) is 17.6 Å². The third-order valence-corrected chi connectivity index (χ3v) is 3.67. The molecule has 0 fully saturated rings. The number of nitrogens with zero attached hydrogens (tertiary/aromatic N) is 2. The van der Waals surface area contributed by atoms with Crippen LogP contribution in [0.2, 0.25) is 10.0 Å². The molecule has 0 spiro atoms. The lowest BCUT2D eigenvalue weighted by atomic mass is 10.2. The number of hydrogen-bond donors (Lipinski definition) is 1. The summed E-state index contributed by atoms with van der Waals surface area (Å²) >= 11 is 12.0. The highest BCUT2D eigenvalue weighted by Crippen LogP contribution is 2.22. The van der Waals surface area contributed by atoms with E-state index >= 15 is 0 Å². The summed E-state index contributed by atoms with van der Waals surface area (Å²) in [6.45, 7) is 1.07. The minimum Gasteiger partial charge on any atom is -0.324 e. The average molecular weight is 306 g/mol. The number of benzene rings is 2. The summed E-state index contributed by atoms with van der Waals surface area (Å²) in [7, 11) is 0. The molecule has 3 aromatic rings. The van der Waals surface area contributed by atoms with Crippen molar-refractivity contribution in [1.82, 2.24) is 9.55 Å². The largest absolute Gasteiger partial charge is 0.324 e. The van der Waals surface area contributed by atoms with E-state index in [1.807, 2.05) is 42.5 Å². The van der Waals surface area contributed by atoms with E-state index < -0.39 is 0 Å². The average Bonchev–Trinajstić information content (AvgIpc) is 2.76. The van der Waals surface area contributed by atoms with E-state index in [0.717, 1.165) is 27.4 Å². The summed E-state index contributed by atoms with van der Waals surface area (Å²) in [6.07, 6.45) is 0. The van der Waals surface area contributed by atoms with Crippen molar-refractivity contribution in [2.75, 3.05) is 0 Å². The Bertz CT molecular complexity index is 765. The fraction of sp³-hybridized carbons (Fsp3) is 0.133. The molecule has 1 heterocycles. The number of imidazole rings is 1. The van der Waals surface area contributed by atoms with Gasteiger partial charge < -0.3 is 10.3 Å². The Morgan fingerprint density at radius 2 is 1.85 bits per heavy atom. The van der Waals surface area contributed by atoms with Gasteiger partial charge in [-0.05, 0) is 35.9 Å². The fourth-order valence-electron chi connectivity index (χ4n) is 2.30. The van der Waals surface area contributed by atoms with Crippen molar-refractivity contribution in [3.8, 4) is 0 Å². The molecule has 2 aromatic carbocycles. The molecule has 0 atom stereocenters. The molecule has 0 amide bonds. The second-order valence-corrected chi connectivity index (χ2v) is 5.45. The van der Waals surface area contributed by atoms with Gasteiger partial charge in [0.1, 0.15) is 5.82 Å². The van der Waals surface area contributed by atoms with Crippen molar-refractivity contribution in [1.29, 1.82) is 0 Å². The van der Waals surface area contributed by atoms with Gasteiger partial charge in [-0.25, -0.2) is 4.98 Å². The van der Waals surface area contributed by atoms with Crippen LogP contribution in [-0.2, 0) is 13.1 Å². The number of nitrogens with two attached hydrogens (primary N) is 1. The Hall–Kier alpha value is -1.55. The zero-order chi connectivity index (χ0) is 14.1. The van der Waals surface area contributed by atoms with E-state index in [1.54, 1.807) is 0 Å². The third-order valence-electron chi connectivity index (χ3n) is 3.20. The number of fused-ring (bicyclic) bond motifs is 1. The van der Waals surface area contributed by atoms with Crippen LogP contribution in [0.3, 0.4) is 0 Å². The van der Waals surface area contributed by atoms with E-state index in [0.29, 0.717) is 18.1 Å². The number of aromatic nitrogens is 2. The highest BCUT2D eigenvalue weighted by atomic mass is 35.5. The molecule has 3 nitrogen and oxygen atoms in total. The first-order valence-corrected chi connectivity index (χ1v) is 7.02. The van der Waals surface area contributed by atoms with Crippen LogP contribution in [-0.4, -0.2) is 9.55 Å². The van der Waals surface area contributed by atoms with Crippen molar-refractivity contribution >= 4 is 34.2 Å². The van der Waals surface area contributed by atoms with Gasteiger partial charge >= 0.3 is 0 Å². The van der Waals surface area contributed by atoms with Gasteiger partial charge in [0.2, 0.25) is 0 Å². The van der Waals surface area contributed by atoms with E-state index in [4.69, 9.17) is 28.9 Å². The fourth-order valence-corrected chi connectivity index (χ4v) is 2.68. The summed E-state index contributed by atoms with van der Waals surface area (Å²) in [6, 6.07) is 13.5. The number of hydrogen-bond acceptors (Lipinski definition) is 2. The van der Waals surface area contributed by atoms with Gasteiger partial charge in [0.25, 0.3) is 0 Å². The molecular weight excluding hydrogens is 293 g/mol. The topological polar surface area (TPSA) is 43.8 Å². The molecule has 2 N–H and O–H groups in total. The zero-order valence-electron chi connectivity index (χ0n) is 10.7. The predicted octanol–water partition coefficient (Wildman–Crippen LogP) is 3.85. The lowest BCUT2D eigenvalue weighted by Crippen LogP contribution is -2.09. The predicted molar refractivity (Wildman–Crippen MR) is 83.2 cm³/mol. The molecule has 5 heteroatoms. The molecular formula is C15H13Cl2N3. The summed E-state index contributed by atoms with van der Waals surface area (Å²) in [5.41, 5.74) is 8.79. The van der Waals surface area contributed by atoms with Crippen molar-refractivity contribution < 1.29 is 0 Å². The molecule has 0 aliphatic heterocycles. The second kappa shape index (κ2) is 5.44. The van der Waals surface area contributed by atoms with Crippen LogP contribution in [0.5, 0.6) is 0 Å². The van der Waals surface area contributed by atoms with Crippen LogP contribution in [0.1, 0.15) is 11.4 Å². The molecule has 0 saturated carbocycles. The van der Waals surface area contributed by atoms with Crippen molar-refractivity contribution in [2.24, 2.45) is 5.73 Å². The number of rotatable bonds is 3. The maximum atomic E-state index is 6.03. The van der Waals surface area contributed by atoms with E-state index in [-0.39, 0.29) is 0 Å². The second-order valence-electron chi connectivity index (χ2n) is 4.58. The number of halogens is 2. The normalized spacial score (nSPS) is 11.2. The van der Waals surface area contributed by atoms with Gasteiger partial charge in [-0.1, -0.05) is 35.3 Å². The molecule has 0 aliphatic carbocycles. The SMILES string of the molecule is NCc1nc2cc(Cl)ccc2n1Cc1cccc(Cl)c1. The summed E-state index contributed by atoms with van der Waals surface area (Å²) in [4.78, 5) is 4.53. The van der Waals surface area contributed by atoms with Crippen molar-refractivity contribution in [3.05, 3.63) is 63.9 Å². The van der Waals surface area contributed by atoms with Gasteiger partial charge in [0, 0.05) is 16.6 Å². The van der Waals surface area contributed by atoms with E-state index in [9.17, 15) is 0 Å². The quantitative estimate of drug-likeness (QED) is 0.798. The van der Waals surface area contributed by atoms with Crippen molar-refractivity contribution in [3.63, 3.8) is 0 Å². The van der Waals surface area contributed by atoms with Crippen LogP contribution < -0.4 is 5.73 Å². The Balaban J connectivity index is 2.10. The molecule has 0 radical (unpaired) electrons. The van der Waals surface area contributed by atoms with Gasteiger partial charge in [-0.3, -0.25) is 0 Å². The van der Waals surface area contributed by atoms with Crippen LogP contribution >= 0.6 is 23.2 Å². The highest BCUT2D eigenvalue weighted by molar-refractivity contribution is 6.31. The lowest BCUT2D eigenvalue weighted by molar-refractivity contribution is 0.744. The molecule has 0 bridgehead atoms. The van der Waals surface area contributed by atoms with Crippen LogP contribution in [0.15, 0.2) is 42.5 Å². The van der Waals surface area contributed by atoms with Gasteiger partial charge in [-0.15, -0.1) is 0 Å². The van der Waals surface area contributed by atoms with E-state index in [1.165, 1.54) is 0 Å². The molecule has 3 rings (SSSR count).